The number of aromatic nitrogens is 1. The van der Waals surface area contributed by atoms with Crippen molar-refractivity contribution in [3.8, 4) is 11.5 Å². The van der Waals surface area contributed by atoms with Crippen molar-refractivity contribution >= 4 is 39.9 Å². The molecule has 1 radical (unpaired) electrons. The van der Waals surface area contributed by atoms with Crippen LogP contribution in [0, 0.1) is 6.29 Å². The lowest BCUT2D eigenvalue weighted by Crippen LogP contribution is -2.15. The summed E-state index contributed by atoms with van der Waals surface area (Å²) < 4.78 is 12.0. The van der Waals surface area contributed by atoms with Crippen LogP contribution in [-0.4, -0.2) is 34.6 Å². The predicted octanol–water partition coefficient (Wildman–Crippen LogP) is 3.28. The fourth-order valence-corrected chi connectivity index (χ4v) is 5.48. The van der Waals surface area contributed by atoms with Gasteiger partial charge in [0.15, 0.2) is 16.5 Å². The summed E-state index contributed by atoms with van der Waals surface area (Å²) >= 11 is 5.22. The number of fused-ring (bicyclic) bond motifs is 1. The van der Waals surface area contributed by atoms with E-state index in [2.05, 4.69) is 21.4 Å². The smallest absolute Gasteiger partial charge is 0.393 e. The minimum Gasteiger partial charge on any atom is -0.436 e. The van der Waals surface area contributed by atoms with E-state index in [9.17, 15) is 0 Å². The lowest BCUT2D eigenvalue weighted by atomic mass is 10.1. The Kier molecular flexibility index (Phi) is 3.93. The average Bonchev–Trinajstić information content (AvgIpc) is 3.42. The lowest BCUT2D eigenvalue weighted by Gasteiger charge is -2.17. The molecule has 2 aromatic rings. The number of hydrogen-bond donors (Lipinski definition) is 1. The highest BCUT2D eigenvalue weighted by atomic mass is 32.2. The lowest BCUT2D eigenvalue weighted by molar-refractivity contribution is 0.203. The normalized spacial score (nSPS) is 23.0. The summed E-state index contributed by atoms with van der Waals surface area (Å²) in [5.74, 6) is 3.67. The zero-order chi connectivity index (χ0) is 15.9. The van der Waals surface area contributed by atoms with Gasteiger partial charge < -0.3 is 14.8 Å². The molecular weight excluding hydrogens is 362 g/mol. The van der Waals surface area contributed by atoms with Gasteiger partial charge in [-0.3, -0.25) is 4.99 Å². The molecule has 3 aliphatic heterocycles. The molecule has 5 rings (SSSR count). The molecule has 1 aromatic carbocycles. The minimum atomic E-state index is 0.279. The van der Waals surface area contributed by atoms with Gasteiger partial charge in [-0.2, -0.15) is 0 Å². The first kappa shape index (κ1) is 15.1. The van der Waals surface area contributed by atoms with Crippen molar-refractivity contribution in [1.82, 2.24) is 10.3 Å². The molecular formula is C16H14N3O2S3. The number of benzene rings is 1. The van der Waals surface area contributed by atoms with Gasteiger partial charge in [-0.05, 0) is 11.6 Å². The van der Waals surface area contributed by atoms with Crippen LogP contribution in [0.1, 0.15) is 21.5 Å². The van der Waals surface area contributed by atoms with E-state index in [0.717, 1.165) is 51.7 Å². The molecule has 5 nitrogen and oxygen atoms in total. The van der Waals surface area contributed by atoms with Crippen molar-refractivity contribution in [2.45, 2.75) is 5.37 Å². The Morgan fingerprint density at radius 1 is 1.21 bits per heavy atom. The van der Waals surface area contributed by atoms with Crippen molar-refractivity contribution in [2.24, 2.45) is 4.99 Å². The zero-order valence-electron chi connectivity index (χ0n) is 12.7. The van der Waals surface area contributed by atoms with E-state index >= 15 is 0 Å². The molecule has 0 saturated carbocycles. The molecule has 24 heavy (non-hydrogen) atoms. The van der Waals surface area contributed by atoms with Gasteiger partial charge in [-0.25, -0.2) is 4.98 Å². The van der Waals surface area contributed by atoms with Gasteiger partial charge in [-0.15, -0.1) is 34.9 Å². The Bertz CT molecular complexity index is 788. The molecule has 1 unspecified atom stereocenters. The van der Waals surface area contributed by atoms with Gasteiger partial charge in [-0.1, -0.05) is 6.07 Å². The quantitative estimate of drug-likeness (QED) is 0.887. The second-order valence-electron chi connectivity index (χ2n) is 5.43. The van der Waals surface area contributed by atoms with Gasteiger partial charge in [0.1, 0.15) is 5.04 Å². The summed E-state index contributed by atoms with van der Waals surface area (Å²) in [6.07, 6.45) is 2.22. The monoisotopic (exact) mass is 376 g/mol. The van der Waals surface area contributed by atoms with Crippen LogP contribution in [0.3, 0.4) is 0 Å². The number of nitrogens with zero attached hydrogens (tertiary/aromatic N) is 2. The molecule has 1 atom stereocenters. The highest BCUT2D eigenvalue weighted by Crippen LogP contribution is 2.48. The van der Waals surface area contributed by atoms with Gasteiger partial charge in [0, 0.05) is 36.2 Å². The van der Waals surface area contributed by atoms with Gasteiger partial charge in [0.25, 0.3) is 0 Å². The minimum absolute atomic E-state index is 0.279. The molecule has 1 saturated heterocycles. The number of rotatable bonds is 3. The molecule has 0 aliphatic carbocycles. The Morgan fingerprint density at radius 3 is 2.96 bits per heavy atom. The molecule has 8 heteroatoms. The molecule has 1 N–H and O–H groups in total. The van der Waals surface area contributed by atoms with E-state index < -0.39 is 0 Å². The number of hydrogen-bond acceptors (Lipinski definition) is 8. The molecule has 1 aromatic heterocycles. The van der Waals surface area contributed by atoms with Crippen molar-refractivity contribution in [3.63, 3.8) is 0 Å². The number of ether oxygens (including phenoxy) is 2. The maximum Gasteiger partial charge on any atom is 0.393 e. The van der Waals surface area contributed by atoms with Crippen LogP contribution >= 0.6 is 34.9 Å². The summed E-state index contributed by atoms with van der Waals surface area (Å²) in [7, 11) is 0. The molecule has 0 spiro atoms. The Balaban J connectivity index is 1.59. The first-order valence-corrected chi connectivity index (χ1v) is 10.6. The third-order valence-corrected chi connectivity index (χ3v) is 6.90. The van der Waals surface area contributed by atoms with Gasteiger partial charge >= 0.3 is 6.29 Å². The second kappa shape index (κ2) is 6.25. The maximum absolute atomic E-state index is 6.11. The van der Waals surface area contributed by atoms with Crippen LogP contribution in [-0.2, 0) is 0 Å². The van der Waals surface area contributed by atoms with E-state index in [1.165, 1.54) is 16.9 Å². The Morgan fingerprint density at radius 2 is 2.21 bits per heavy atom. The van der Waals surface area contributed by atoms with Crippen LogP contribution in [0.25, 0.3) is 0 Å². The highest BCUT2D eigenvalue weighted by molar-refractivity contribution is 8.14. The van der Waals surface area contributed by atoms with E-state index in [1.54, 1.807) is 18.0 Å². The van der Waals surface area contributed by atoms with Crippen LogP contribution in [0.2, 0.25) is 0 Å². The fourth-order valence-electron chi connectivity index (χ4n) is 2.94. The van der Waals surface area contributed by atoms with Crippen LogP contribution < -0.4 is 14.8 Å². The first-order chi connectivity index (χ1) is 11.9. The van der Waals surface area contributed by atoms with Crippen molar-refractivity contribution < 1.29 is 9.47 Å². The average molecular weight is 377 g/mol. The van der Waals surface area contributed by atoms with Crippen molar-refractivity contribution in [2.75, 3.05) is 24.6 Å². The molecule has 0 amide bonds. The second-order valence-corrected chi connectivity index (χ2v) is 8.62. The zero-order valence-corrected chi connectivity index (χ0v) is 15.1. The van der Waals surface area contributed by atoms with E-state index in [4.69, 9.17) is 9.47 Å². The Hall–Kier alpha value is -1.22. The summed E-state index contributed by atoms with van der Waals surface area (Å²) in [4.78, 5) is 8.98. The molecule has 1 fully saturated rings. The number of thioether (sulfide) groups is 2. The van der Waals surface area contributed by atoms with Crippen molar-refractivity contribution in [3.05, 3.63) is 46.1 Å². The fraction of sp³-hybridized carbons (Fsp3) is 0.312. The summed E-state index contributed by atoms with van der Waals surface area (Å²) in [5.41, 5.74) is 2.31. The summed E-state index contributed by atoms with van der Waals surface area (Å²) in [6.45, 7) is 1.89. The molecule has 123 valence electrons. The predicted molar refractivity (Wildman–Crippen MR) is 99.2 cm³/mol. The summed E-state index contributed by atoms with van der Waals surface area (Å²) in [5, 5.41) is 7.56. The van der Waals surface area contributed by atoms with E-state index in [1.807, 2.05) is 23.2 Å². The van der Waals surface area contributed by atoms with Crippen molar-refractivity contribution in [1.29, 1.82) is 0 Å². The topological polar surface area (TPSA) is 55.7 Å². The largest absolute Gasteiger partial charge is 0.436 e. The third-order valence-electron chi connectivity index (χ3n) is 3.96. The molecule has 4 heterocycles. The van der Waals surface area contributed by atoms with Crippen LogP contribution in [0.5, 0.6) is 11.5 Å². The number of nitrogens with one attached hydrogen (secondary N) is 1. The third kappa shape index (κ3) is 2.52. The van der Waals surface area contributed by atoms with E-state index in [-0.39, 0.29) is 5.37 Å². The first-order valence-electron chi connectivity index (χ1n) is 7.72. The van der Waals surface area contributed by atoms with Crippen LogP contribution in [0.4, 0.5) is 0 Å². The standard InChI is InChI=1S/C16H14N3O2S3/c1-2-10-12(21-16(20-10)15-19-5-8-24-15)11(14-18-4-7-23-14)9(1)13-17-3-6-22-13/h1-2,5,8,13,17H,3-4,6-7H2. The number of aliphatic imine (C=N–C) groups is 1. The highest BCUT2D eigenvalue weighted by Gasteiger charge is 2.37. The maximum atomic E-state index is 6.11. The Labute approximate surface area is 152 Å². The van der Waals surface area contributed by atoms with Gasteiger partial charge in [0.2, 0.25) is 0 Å². The summed E-state index contributed by atoms with van der Waals surface area (Å²) in [6, 6.07) is 4.13. The number of thiazole rings is 1. The SMILES string of the molecule is c1csc([C]2Oc3ccc(C4NCCS4)c(C4=NCCS4)c3O2)n1. The van der Waals surface area contributed by atoms with Gasteiger partial charge in [0.05, 0.1) is 10.9 Å². The molecule has 3 aliphatic rings. The van der Waals surface area contributed by atoms with Crippen LogP contribution in [0.15, 0.2) is 28.7 Å². The van der Waals surface area contributed by atoms with E-state index in [0.29, 0.717) is 6.29 Å². The molecule has 0 bridgehead atoms.